The minimum atomic E-state index is -0.436. The molecule has 1 saturated heterocycles. The summed E-state index contributed by atoms with van der Waals surface area (Å²) in [5.41, 5.74) is 1.89. The van der Waals surface area contributed by atoms with Gasteiger partial charge in [-0.2, -0.15) is 0 Å². The van der Waals surface area contributed by atoms with Gasteiger partial charge in [-0.25, -0.2) is 0 Å². The van der Waals surface area contributed by atoms with Gasteiger partial charge in [-0.05, 0) is 61.3 Å². The molecular formula is C29H41BN4O3. The lowest BCUT2D eigenvalue weighted by atomic mass is 9.43. The molecule has 4 fully saturated rings. The summed E-state index contributed by atoms with van der Waals surface area (Å²) in [6.07, 6.45) is 8.75. The molecule has 6 rings (SSSR count). The molecule has 7 nitrogen and oxygen atoms in total. The highest BCUT2D eigenvalue weighted by Crippen LogP contribution is 2.65. The number of aromatic nitrogens is 2. The first kappa shape index (κ1) is 26.3. The Morgan fingerprint density at radius 1 is 1.16 bits per heavy atom. The first-order valence-electron chi connectivity index (χ1n) is 13.8. The third-order valence-electron chi connectivity index (χ3n) is 9.10. The zero-order chi connectivity index (χ0) is 26.2. The molecule has 198 valence electrons. The molecule has 0 radical (unpaired) electrons. The Balaban J connectivity index is 1.31. The second-order valence-corrected chi connectivity index (χ2v) is 12.4. The topological polar surface area (TPSA) is 85.4 Å². The normalized spacial score (nSPS) is 29.4. The molecule has 2 bridgehead atoms. The Morgan fingerprint density at radius 3 is 2.62 bits per heavy atom. The van der Waals surface area contributed by atoms with E-state index >= 15 is 0 Å². The van der Waals surface area contributed by atoms with E-state index in [0.717, 1.165) is 24.1 Å². The van der Waals surface area contributed by atoms with E-state index in [1.54, 1.807) is 18.6 Å². The van der Waals surface area contributed by atoms with Gasteiger partial charge in [0.2, 0.25) is 5.91 Å². The minimum Gasteiger partial charge on any atom is -0.404 e. The van der Waals surface area contributed by atoms with E-state index in [1.165, 1.54) is 6.42 Å². The number of nitrogens with zero attached hydrogens (tertiary/aromatic N) is 2. The van der Waals surface area contributed by atoms with Crippen molar-refractivity contribution < 1.29 is 14.1 Å². The summed E-state index contributed by atoms with van der Waals surface area (Å²) < 4.78 is 13.3. The van der Waals surface area contributed by atoms with Crippen molar-refractivity contribution in [2.24, 2.45) is 23.2 Å². The lowest BCUT2D eigenvalue weighted by Gasteiger charge is -2.64. The van der Waals surface area contributed by atoms with Crippen molar-refractivity contribution in [2.75, 3.05) is 0 Å². The predicted octanol–water partition coefficient (Wildman–Crippen LogP) is 3.98. The van der Waals surface area contributed by atoms with Crippen LogP contribution in [0.5, 0.6) is 0 Å². The van der Waals surface area contributed by atoms with Gasteiger partial charge >= 0.3 is 7.12 Å². The first-order chi connectivity index (χ1) is 17.7. The van der Waals surface area contributed by atoms with Crippen LogP contribution in [0.25, 0.3) is 0 Å². The number of nitrogens with one attached hydrogen (secondary N) is 2. The second kappa shape index (κ2) is 10.5. The molecule has 37 heavy (non-hydrogen) atoms. The van der Waals surface area contributed by atoms with E-state index in [1.807, 2.05) is 18.2 Å². The molecule has 1 aliphatic heterocycles. The molecule has 1 aromatic carbocycles. The number of hydrogen-bond acceptors (Lipinski definition) is 6. The van der Waals surface area contributed by atoms with Crippen LogP contribution in [0.15, 0.2) is 48.9 Å². The fourth-order valence-corrected chi connectivity index (χ4v) is 6.86. The second-order valence-electron chi connectivity index (χ2n) is 12.4. The molecule has 3 saturated carbocycles. The van der Waals surface area contributed by atoms with Crippen LogP contribution in [0, 0.1) is 23.2 Å². The fraction of sp³-hybridized carbons (Fsp3) is 0.621. The highest BCUT2D eigenvalue weighted by Gasteiger charge is 2.68. The Labute approximate surface area is 221 Å². The monoisotopic (exact) mass is 504 g/mol. The van der Waals surface area contributed by atoms with Crippen molar-refractivity contribution in [3.63, 3.8) is 0 Å². The number of amides is 1. The van der Waals surface area contributed by atoms with Crippen LogP contribution in [0.3, 0.4) is 0 Å². The van der Waals surface area contributed by atoms with Gasteiger partial charge in [0.05, 0.1) is 29.4 Å². The minimum absolute atomic E-state index is 0.0461. The van der Waals surface area contributed by atoms with Crippen molar-refractivity contribution in [3.05, 3.63) is 60.2 Å². The number of benzene rings is 1. The maximum atomic E-state index is 13.8. The maximum absolute atomic E-state index is 13.8. The molecule has 4 aliphatic rings. The van der Waals surface area contributed by atoms with Gasteiger partial charge in [0.25, 0.3) is 0 Å². The Morgan fingerprint density at radius 2 is 1.95 bits per heavy atom. The lowest BCUT2D eigenvalue weighted by molar-refractivity contribution is -0.199. The zero-order valence-electron chi connectivity index (χ0n) is 22.8. The van der Waals surface area contributed by atoms with E-state index in [-0.39, 0.29) is 29.0 Å². The van der Waals surface area contributed by atoms with Crippen LogP contribution in [0.4, 0.5) is 0 Å². The highest BCUT2D eigenvalue weighted by molar-refractivity contribution is 6.47. The summed E-state index contributed by atoms with van der Waals surface area (Å²) in [7, 11) is -0.436. The molecular weight excluding hydrogens is 463 g/mol. The van der Waals surface area contributed by atoms with Crippen LogP contribution in [-0.4, -0.2) is 46.7 Å². The van der Waals surface area contributed by atoms with Gasteiger partial charge < -0.3 is 14.6 Å². The summed E-state index contributed by atoms with van der Waals surface area (Å²) in [5.74, 6) is 1.31. The van der Waals surface area contributed by atoms with Gasteiger partial charge in [-0.3, -0.25) is 20.1 Å². The lowest BCUT2D eigenvalue weighted by Crippen LogP contribution is -2.65. The first-order valence-corrected chi connectivity index (χ1v) is 13.8. The van der Waals surface area contributed by atoms with E-state index in [2.05, 4.69) is 67.4 Å². The predicted molar refractivity (Wildman–Crippen MR) is 144 cm³/mol. The van der Waals surface area contributed by atoms with Crippen molar-refractivity contribution in [2.45, 2.75) is 90.5 Å². The van der Waals surface area contributed by atoms with E-state index < -0.39 is 13.2 Å². The molecule has 3 aliphatic carbocycles. The van der Waals surface area contributed by atoms with Crippen LogP contribution in [0.2, 0.25) is 0 Å². The van der Waals surface area contributed by atoms with Gasteiger partial charge in [0.1, 0.15) is 0 Å². The zero-order valence-corrected chi connectivity index (χ0v) is 22.8. The quantitative estimate of drug-likeness (QED) is 0.477. The van der Waals surface area contributed by atoms with Crippen LogP contribution in [0.1, 0.15) is 65.1 Å². The molecule has 0 spiro atoms. The van der Waals surface area contributed by atoms with E-state index in [9.17, 15) is 4.79 Å². The smallest absolute Gasteiger partial charge is 0.404 e. The largest absolute Gasteiger partial charge is 0.481 e. The van der Waals surface area contributed by atoms with E-state index in [0.29, 0.717) is 30.7 Å². The average molecular weight is 504 g/mol. The van der Waals surface area contributed by atoms with Crippen molar-refractivity contribution in [1.82, 2.24) is 20.6 Å². The van der Waals surface area contributed by atoms with Crippen molar-refractivity contribution in [3.8, 4) is 0 Å². The molecule has 1 amide bonds. The molecule has 1 aromatic heterocycles. The van der Waals surface area contributed by atoms with Gasteiger partial charge in [-0.15, -0.1) is 0 Å². The Hall–Kier alpha value is -2.29. The van der Waals surface area contributed by atoms with Crippen LogP contribution in [-0.2, 0) is 27.1 Å². The molecule has 2 heterocycles. The molecule has 6 atom stereocenters. The van der Waals surface area contributed by atoms with Gasteiger partial charge in [0.15, 0.2) is 0 Å². The Bertz CT molecular complexity index is 1070. The van der Waals surface area contributed by atoms with Gasteiger partial charge in [0, 0.05) is 25.1 Å². The standard InChI is InChI=1S/C29H41BN4O3/c1-19(2)13-26(30-36-25-16-21-15-24(28(21,3)4)29(25,5)37-30)34-27(35)23(14-20-9-7-6-8-10-20)33-18-22-17-31-11-12-32-22/h6-12,17,19,21,23-26,33H,13-16,18H2,1-5H3,(H,34,35)/t21-,23-,24-,25+,26-,29-/m0/s1. The number of carbonyl (C=O) groups excluding carboxylic acids is 1. The number of carbonyl (C=O) groups is 1. The van der Waals surface area contributed by atoms with E-state index in [4.69, 9.17) is 9.31 Å². The van der Waals surface area contributed by atoms with Crippen LogP contribution >= 0.6 is 0 Å². The number of rotatable bonds is 10. The third-order valence-corrected chi connectivity index (χ3v) is 9.10. The van der Waals surface area contributed by atoms with Crippen molar-refractivity contribution >= 4 is 13.0 Å². The highest BCUT2D eigenvalue weighted by atomic mass is 16.7. The summed E-state index contributed by atoms with van der Waals surface area (Å²) in [6.45, 7) is 11.8. The van der Waals surface area contributed by atoms with Gasteiger partial charge in [-0.1, -0.05) is 58.0 Å². The van der Waals surface area contributed by atoms with Crippen molar-refractivity contribution in [1.29, 1.82) is 0 Å². The maximum Gasteiger partial charge on any atom is 0.481 e. The third kappa shape index (κ3) is 5.34. The molecule has 8 heteroatoms. The van der Waals surface area contributed by atoms with Crippen LogP contribution < -0.4 is 10.6 Å². The summed E-state index contributed by atoms with van der Waals surface area (Å²) >= 11 is 0. The summed E-state index contributed by atoms with van der Waals surface area (Å²) in [6, 6.07) is 9.68. The SMILES string of the molecule is CC(C)C[C@H](NC(=O)[C@H](Cc1ccccc1)NCc1cnccn1)B1O[C@@H]2C[C@@H]3C[C@@H](C3(C)C)[C@]2(C)O1. The summed E-state index contributed by atoms with van der Waals surface area (Å²) in [5, 5.41) is 6.75. The molecule has 2 N–H and O–H groups in total. The Kier molecular flexibility index (Phi) is 7.45. The molecule has 2 aromatic rings. The fourth-order valence-electron chi connectivity index (χ4n) is 6.86. The molecule has 0 unspecified atom stereocenters. The number of hydrogen-bond donors (Lipinski definition) is 2. The average Bonchev–Trinajstić information content (AvgIpc) is 3.24. The summed E-state index contributed by atoms with van der Waals surface area (Å²) in [4.78, 5) is 22.3.